The van der Waals surface area contributed by atoms with Crippen molar-refractivity contribution in [3.8, 4) is 11.1 Å². The van der Waals surface area contributed by atoms with Gasteiger partial charge in [-0.15, -0.1) is 0 Å². The number of aliphatic imine (C=N–C) groups is 1. The Morgan fingerprint density at radius 3 is 2.27 bits per heavy atom. The number of carboxylic acid groups (broad SMARTS) is 1. The third-order valence-corrected chi connectivity index (χ3v) is 4.49. The molecule has 2 N–H and O–H groups in total. The molecule has 0 aliphatic carbocycles. The largest absolute Gasteiger partial charge is 0.481 e. The maximum atomic E-state index is 12.2. The van der Waals surface area contributed by atoms with Crippen LogP contribution in [-0.4, -0.2) is 23.0 Å². The van der Waals surface area contributed by atoms with Gasteiger partial charge in [0.05, 0.1) is 12.1 Å². The number of nitrogens with one attached hydrogen (secondary N) is 1. The average Bonchev–Trinajstić information content (AvgIpc) is 3.09. The molecule has 1 aliphatic heterocycles. The van der Waals surface area contributed by atoms with Gasteiger partial charge in [0, 0.05) is 0 Å². The van der Waals surface area contributed by atoms with Gasteiger partial charge in [0.2, 0.25) is 0 Å². The Bertz CT molecular complexity index is 1130. The van der Waals surface area contributed by atoms with Gasteiger partial charge >= 0.3 is 12.0 Å². The molecule has 148 valence electrons. The lowest BCUT2D eigenvalue weighted by Crippen LogP contribution is -2.20. The zero-order valence-electron chi connectivity index (χ0n) is 15.9. The lowest BCUT2D eigenvalue weighted by molar-refractivity contribution is -0.136. The summed E-state index contributed by atoms with van der Waals surface area (Å²) in [5, 5.41) is 11.4. The van der Waals surface area contributed by atoms with Crippen LogP contribution in [0.4, 0.5) is 5.69 Å². The topological polar surface area (TPSA) is 88.0 Å². The normalized spacial score (nSPS) is 15.8. The van der Waals surface area contributed by atoms with Crippen LogP contribution in [0.25, 0.3) is 17.2 Å². The summed E-state index contributed by atoms with van der Waals surface area (Å²) in [6.45, 7) is 0. The predicted octanol–water partition coefficient (Wildman–Crippen LogP) is 4.16. The second-order valence-electron chi connectivity index (χ2n) is 6.71. The predicted molar refractivity (Wildman–Crippen MR) is 114 cm³/mol. The molecule has 0 saturated carbocycles. The fourth-order valence-corrected chi connectivity index (χ4v) is 3.01. The minimum absolute atomic E-state index is 0.0555. The fourth-order valence-electron chi connectivity index (χ4n) is 3.01. The molecule has 1 heterocycles. The van der Waals surface area contributed by atoms with Crippen LogP contribution >= 0.6 is 0 Å². The highest BCUT2D eigenvalue weighted by atomic mass is 16.5. The summed E-state index contributed by atoms with van der Waals surface area (Å²) in [7, 11) is 0. The summed E-state index contributed by atoms with van der Waals surface area (Å²) in [6, 6.07) is 24.6. The van der Waals surface area contributed by atoms with E-state index in [1.807, 2.05) is 54.6 Å². The summed E-state index contributed by atoms with van der Waals surface area (Å²) >= 11 is 0. The monoisotopic (exact) mass is 398 g/mol. The van der Waals surface area contributed by atoms with Crippen LogP contribution < -0.4 is 5.32 Å². The number of carbonyl (C=O) groups is 2. The van der Waals surface area contributed by atoms with Crippen molar-refractivity contribution in [3.63, 3.8) is 0 Å². The van der Waals surface area contributed by atoms with E-state index in [1.54, 1.807) is 30.3 Å². The van der Waals surface area contributed by atoms with Gasteiger partial charge in [-0.25, -0.2) is 0 Å². The van der Waals surface area contributed by atoms with Crippen molar-refractivity contribution in [2.24, 2.45) is 4.99 Å². The number of amidine groups is 1. The highest BCUT2D eigenvalue weighted by Gasteiger charge is 2.24. The van der Waals surface area contributed by atoms with Gasteiger partial charge in [-0.05, 0) is 40.5 Å². The van der Waals surface area contributed by atoms with Gasteiger partial charge in [-0.3, -0.25) is 14.9 Å². The Morgan fingerprint density at radius 1 is 0.933 bits per heavy atom. The minimum atomic E-state index is -0.896. The van der Waals surface area contributed by atoms with Crippen molar-refractivity contribution < 1.29 is 19.4 Å². The van der Waals surface area contributed by atoms with Gasteiger partial charge < -0.3 is 9.84 Å². The number of rotatable bonds is 5. The van der Waals surface area contributed by atoms with E-state index in [1.165, 1.54) is 0 Å². The molecule has 0 aromatic heterocycles. The molecule has 6 nitrogen and oxygen atoms in total. The Morgan fingerprint density at radius 2 is 1.60 bits per heavy atom. The molecule has 3 aromatic carbocycles. The van der Waals surface area contributed by atoms with E-state index in [-0.39, 0.29) is 24.1 Å². The molecule has 0 unspecified atom stereocenters. The number of benzene rings is 3. The first-order valence-electron chi connectivity index (χ1n) is 9.33. The number of carbonyl (C=O) groups excluding carboxylic acids is 1. The van der Waals surface area contributed by atoms with Gasteiger partial charge in [0.15, 0.2) is 5.76 Å². The van der Waals surface area contributed by atoms with E-state index in [0.29, 0.717) is 11.3 Å². The highest BCUT2D eigenvalue weighted by molar-refractivity contribution is 6.11. The van der Waals surface area contributed by atoms with E-state index >= 15 is 0 Å². The first-order valence-corrected chi connectivity index (χ1v) is 9.33. The first-order chi connectivity index (χ1) is 14.6. The maximum absolute atomic E-state index is 12.2. The minimum Gasteiger partial charge on any atom is -0.481 e. The number of ether oxygens (including phenoxy) is 1. The molecule has 0 spiro atoms. The summed E-state index contributed by atoms with van der Waals surface area (Å²) in [5.74, 6) is -1.11. The summed E-state index contributed by atoms with van der Waals surface area (Å²) < 4.78 is 5.55. The SMILES string of the molecule is O=C(O)Cc1ccc(N=C2NC(=O)C(=Cc3ccc(-c4ccccc4)cc3)O2)cc1. The number of nitrogens with zero attached hydrogens (tertiary/aromatic N) is 1. The van der Waals surface area contributed by atoms with E-state index in [9.17, 15) is 9.59 Å². The molecule has 6 heteroatoms. The first kappa shape index (κ1) is 19.1. The number of hydrogen-bond acceptors (Lipinski definition) is 4. The van der Waals surface area contributed by atoms with Crippen LogP contribution in [0.15, 0.2) is 89.6 Å². The van der Waals surface area contributed by atoms with Crippen molar-refractivity contribution >= 4 is 29.7 Å². The lowest BCUT2D eigenvalue weighted by atomic mass is 10.0. The standard InChI is InChI=1S/C24H18N2O4/c27-22(28)15-17-8-12-20(13-9-17)25-24-26-23(29)21(30-24)14-16-6-10-19(11-7-16)18-4-2-1-3-5-18/h1-14H,15H2,(H,27,28)(H,25,26,29). The Hall–Kier alpha value is -4.19. The van der Waals surface area contributed by atoms with Crippen LogP contribution in [0.1, 0.15) is 11.1 Å². The molecule has 1 saturated heterocycles. The Kier molecular flexibility index (Phi) is 5.39. The van der Waals surface area contributed by atoms with Crippen molar-refractivity contribution in [1.82, 2.24) is 5.32 Å². The van der Waals surface area contributed by atoms with E-state index in [0.717, 1.165) is 16.7 Å². The second kappa shape index (κ2) is 8.45. The molecule has 1 fully saturated rings. The van der Waals surface area contributed by atoms with Crippen LogP contribution in [0, 0.1) is 0 Å². The number of aliphatic carboxylic acids is 1. The zero-order valence-corrected chi connectivity index (χ0v) is 15.9. The smallest absolute Gasteiger partial charge is 0.307 e. The molecule has 4 rings (SSSR count). The highest BCUT2D eigenvalue weighted by Crippen LogP contribution is 2.22. The zero-order chi connectivity index (χ0) is 20.9. The van der Waals surface area contributed by atoms with Crippen molar-refractivity contribution in [3.05, 3.63) is 95.7 Å². The molecular formula is C24H18N2O4. The van der Waals surface area contributed by atoms with Gasteiger partial charge in [-0.2, -0.15) is 4.99 Å². The third-order valence-electron chi connectivity index (χ3n) is 4.49. The van der Waals surface area contributed by atoms with Crippen LogP contribution in [-0.2, 0) is 20.7 Å². The molecule has 1 amide bonds. The summed E-state index contributed by atoms with van der Waals surface area (Å²) in [5.41, 5.74) is 4.26. The molecule has 0 atom stereocenters. The van der Waals surface area contributed by atoms with Gasteiger partial charge in [0.1, 0.15) is 0 Å². The third kappa shape index (κ3) is 4.62. The summed E-state index contributed by atoms with van der Waals surface area (Å²) in [6.07, 6.45) is 1.60. The molecule has 0 radical (unpaired) electrons. The van der Waals surface area contributed by atoms with E-state index < -0.39 is 5.97 Å². The number of carboxylic acids is 1. The molecule has 30 heavy (non-hydrogen) atoms. The van der Waals surface area contributed by atoms with Gasteiger partial charge in [-0.1, -0.05) is 66.7 Å². The van der Waals surface area contributed by atoms with Crippen molar-refractivity contribution in [2.75, 3.05) is 0 Å². The number of amides is 1. The van der Waals surface area contributed by atoms with E-state index in [4.69, 9.17) is 9.84 Å². The molecule has 3 aromatic rings. The van der Waals surface area contributed by atoms with E-state index in [2.05, 4.69) is 10.3 Å². The van der Waals surface area contributed by atoms with Crippen LogP contribution in [0.2, 0.25) is 0 Å². The van der Waals surface area contributed by atoms with Crippen molar-refractivity contribution in [2.45, 2.75) is 6.42 Å². The van der Waals surface area contributed by atoms with Gasteiger partial charge in [0.25, 0.3) is 5.91 Å². The van der Waals surface area contributed by atoms with Crippen LogP contribution in [0.3, 0.4) is 0 Å². The Balaban J connectivity index is 1.47. The molecule has 0 bridgehead atoms. The lowest BCUT2D eigenvalue weighted by Gasteiger charge is -2.02. The molecule has 1 aliphatic rings. The fraction of sp³-hybridized carbons (Fsp3) is 0.0417. The second-order valence-corrected chi connectivity index (χ2v) is 6.71. The Labute approximate surface area is 173 Å². The number of hydrogen-bond donors (Lipinski definition) is 2. The molecular weight excluding hydrogens is 380 g/mol. The van der Waals surface area contributed by atoms with Crippen molar-refractivity contribution in [1.29, 1.82) is 0 Å². The average molecular weight is 398 g/mol. The quantitative estimate of drug-likeness (QED) is 0.632. The summed E-state index contributed by atoms with van der Waals surface area (Å²) in [4.78, 5) is 27.2. The van der Waals surface area contributed by atoms with Crippen LogP contribution in [0.5, 0.6) is 0 Å². The maximum Gasteiger partial charge on any atom is 0.307 e.